The molecule has 23 heavy (non-hydrogen) atoms. The minimum absolute atomic E-state index is 0.119. The van der Waals surface area contributed by atoms with Crippen molar-refractivity contribution >= 4 is 28.8 Å². The van der Waals surface area contributed by atoms with Crippen LogP contribution in [0, 0.1) is 0 Å². The zero-order chi connectivity index (χ0) is 16.1. The third-order valence-electron chi connectivity index (χ3n) is 3.23. The molecule has 6 heteroatoms. The average Bonchev–Trinajstić information content (AvgIpc) is 3.05. The number of hydrogen-bond acceptors (Lipinski definition) is 4. The molecule has 0 atom stereocenters. The maximum Gasteiger partial charge on any atom is 0.252 e. The summed E-state index contributed by atoms with van der Waals surface area (Å²) >= 11 is 7.48. The SMILES string of the molecule is O=C(NCCc1csc(-c2ccc(Cl)cc2)n1)c1cccnc1. The third kappa shape index (κ3) is 4.15. The van der Waals surface area contributed by atoms with Crippen molar-refractivity contribution in [2.24, 2.45) is 0 Å². The van der Waals surface area contributed by atoms with E-state index in [1.165, 1.54) is 0 Å². The minimum Gasteiger partial charge on any atom is -0.352 e. The molecule has 1 aromatic carbocycles. The molecule has 0 aliphatic rings. The number of rotatable bonds is 5. The van der Waals surface area contributed by atoms with Crippen molar-refractivity contribution in [1.82, 2.24) is 15.3 Å². The van der Waals surface area contributed by atoms with Crippen LogP contribution < -0.4 is 5.32 Å². The molecule has 0 saturated heterocycles. The number of nitrogens with one attached hydrogen (secondary N) is 1. The van der Waals surface area contributed by atoms with Crippen LogP contribution in [-0.2, 0) is 6.42 Å². The lowest BCUT2D eigenvalue weighted by Gasteiger charge is -2.03. The lowest BCUT2D eigenvalue weighted by Crippen LogP contribution is -2.25. The smallest absolute Gasteiger partial charge is 0.252 e. The van der Waals surface area contributed by atoms with E-state index in [2.05, 4.69) is 15.3 Å². The summed E-state index contributed by atoms with van der Waals surface area (Å²) in [7, 11) is 0. The summed E-state index contributed by atoms with van der Waals surface area (Å²) in [5, 5.41) is 6.55. The summed E-state index contributed by atoms with van der Waals surface area (Å²) in [5.74, 6) is -0.119. The highest BCUT2D eigenvalue weighted by Crippen LogP contribution is 2.25. The Hall–Kier alpha value is -2.24. The van der Waals surface area contributed by atoms with E-state index in [0.29, 0.717) is 23.6 Å². The summed E-state index contributed by atoms with van der Waals surface area (Å²) in [6.45, 7) is 0.539. The summed E-state index contributed by atoms with van der Waals surface area (Å²) in [6, 6.07) is 11.1. The summed E-state index contributed by atoms with van der Waals surface area (Å²) in [4.78, 5) is 20.4. The number of carbonyl (C=O) groups excluding carboxylic acids is 1. The number of carbonyl (C=O) groups is 1. The standard InChI is InChI=1S/C17H14ClN3OS/c18-14-5-3-12(4-6-14)17-21-15(11-23-17)7-9-20-16(22)13-2-1-8-19-10-13/h1-6,8,10-11H,7,9H2,(H,20,22). The van der Waals surface area contributed by atoms with Crippen molar-refractivity contribution < 1.29 is 4.79 Å². The third-order valence-corrected chi connectivity index (χ3v) is 4.43. The van der Waals surface area contributed by atoms with E-state index in [1.54, 1.807) is 35.9 Å². The Bertz CT molecular complexity index is 787. The molecular formula is C17H14ClN3OS. The van der Waals surface area contributed by atoms with Gasteiger partial charge in [-0.3, -0.25) is 9.78 Å². The number of nitrogens with zero attached hydrogens (tertiary/aromatic N) is 2. The van der Waals surface area contributed by atoms with Gasteiger partial charge in [-0.1, -0.05) is 23.7 Å². The Kier molecular flexibility index (Phi) is 5.00. The largest absolute Gasteiger partial charge is 0.352 e. The van der Waals surface area contributed by atoms with Crippen LogP contribution in [0.3, 0.4) is 0 Å². The molecule has 3 aromatic rings. The van der Waals surface area contributed by atoms with E-state index < -0.39 is 0 Å². The number of hydrogen-bond donors (Lipinski definition) is 1. The first-order valence-electron chi connectivity index (χ1n) is 7.11. The maximum atomic E-state index is 11.9. The molecule has 0 radical (unpaired) electrons. The zero-order valence-corrected chi connectivity index (χ0v) is 13.8. The van der Waals surface area contributed by atoms with Gasteiger partial charge >= 0.3 is 0 Å². The topological polar surface area (TPSA) is 54.9 Å². The van der Waals surface area contributed by atoms with Crippen molar-refractivity contribution in [2.45, 2.75) is 6.42 Å². The second-order valence-electron chi connectivity index (χ2n) is 4.90. The van der Waals surface area contributed by atoms with Gasteiger partial charge in [-0.15, -0.1) is 11.3 Å². The minimum atomic E-state index is -0.119. The lowest BCUT2D eigenvalue weighted by molar-refractivity contribution is 0.0953. The molecule has 0 aliphatic carbocycles. The van der Waals surface area contributed by atoms with Crippen molar-refractivity contribution in [2.75, 3.05) is 6.54 Å². The Balaban J connectivity index is 1.55. The van der Waals surface area contributed by atoms with E-state index in [9.17, 15) is 4.79 Å². The highest BCUT2D eigenvalue weighted by atomic mass is 35.5. The Morgan fingerprint density at radius 2 is 2.04 bits per heavy atom. The number of aromatic nitrogens is 2. The quantitative estimate of drug-likeness (QED) is 0.766. The Morgan fingerprint density at radius 3 is 2.78 bits per heavy atom. The van der Waals surface area contributed by atoms with Gasteiger partial charge in [-0.25, -0.2) is 4.98 Å². The second kappa shape index (κ2) is 7.35. The van der Waals surface area contributed by atoms with Crippen LogP contribution >= 0.6 is 22.9 Å². The molecule has 116 valence electrons. The van der Waals surface area contributed by atoms with Gasteiger partial charge < -0.3 is 5.32 Å². The molecular weight excluding hydrogens is 330 g/mol. The number of benzene rings is 1. The van der Waals surface area contributed by atoms with Gasteiger partial charge in [0.25, 0.3) is 5.91 Å². The van der Waals surface area contributed by atoms with Gasteiger partial charge in [0.2, 0.25) is 0 Å². The van der Waals surface area contributed by atoms with Crippen LogP contribution in [0.5, 0.6) is 0 Å². The van der Waals surface area contributed by atoms with Gasteiger partial charge in [0.1, 0.15) is 5.01 Å². The van der Waals surface area contributed by atoms with Crippen LogP contribution in [0.15, 0.2) is 54.2 Å². The first-order valence-corrected chi connectivity index (χ1v) is 8.37. The zero-order valence-electron chi connectivity index (χ0n) is 12.2. The first kappa shape index (κ1) is 15.6. The van der Waals surface area contributed by atoms with E-state index >= 15 is 0 Å². The van der Waals surface area contributed by atoms with Crippen LogP contribution in [0.2, 0.25) is 5.02 Å². The summed E-state index contributed by atoms with van der Waals surface area (Å²) in [5.41, 5.74) is 2.57. The predicted octanol–water partition coefficient (Wildman–Crippen LogP) is 3.83. The van der Waals surface area contributed by atoms with Crippen molar-refractivity contribution in [3.63, 3.8) is 0 Å². The Labute approximate surface area is 143 Å². The molecule has 0 saturated carbocycles. The van der Waals surface area contributed by atoms with Crippen LogP contribution in [0.1, 0.15) is 16.1 Å². The molecule has 1 amide bonds. The number of pyridine rings is 1. The number of amides is 1. The van der Waals surface area contributed by atoms with Crippen molar-refractivity contribution in [3.8, 4) is 10.6 Å². The fraction of sp³-hybridized carbons (Fsp3) is 0.118. The highest BCUT2D eigenvalue weighted by Gasteiger charge is 2.07. The van der Waals surface area contributed by atoms with E-state index in [-0.39, 0.29) is 5.91 Å². The van der Waals surface area contributed by atoms with Crippen molar-refractivity contribution in [3.05, 3.63) is 70.5 Å². The molecule has 0 fully saturated rings. The van der Waals surface area contributed by atoms with Crippen molar-refractivity contribution in [1.29, 1.82) is 0 Å². The second-order valence-corrected chi connectivity index (χ2v) is 6.19. The van der Waals surface area contributed by atoms with Crippen LogP contribution in [0.4, 0.5) is 0 Å². The molecule has 3 rings (SSSR count). The van der Waals surface area contributed by atoms with Gasteiger partial charge in [0, 0.05) is 41.3 Å². The fourth-order valence-electron chi connectivity index (χ4n) is 2.05. The summed E-state index contributed by atoms with van der Waals surface area (Å²) in [6.07, 6.45) is 3.89. The molecule has 1 N–H and O–H groups in total. The van der Waals surface area contributed by atoms with Crippen LogP contribution in [0.25, 0.3) is 10.6 Å². The van der Waals surface area contributed by atoms with E-state index in [0.717, 1.165) is 16.3 Å². The highest BCUT2D eigenvalue weighted by molar-refractivity contribution is 7.13. The number of thiazole rings is 1. The average molecular weight is 344 g/mol. The number of halogens is 1. The van der Waals surface area contributed by atoms with Crippen LogP contribution in [-0.4, -0.2) is 22.4 Å². The lowest BCUT2D eigenvalue weighted by atomic mass is 10.2. The van der Waals surface area contributed by atoms with E-state index in [1.807, 2.05) is 29.6 Å². The molecule has 0 aliphatic heterocycles. The normalized spacial score (nSPS) is 10.5. The predicted molar refractivity (Wildman–Crippen MR) is 92.8 cm³/mol. The molecule has 2 aromatic heterocycles. The first-order chi connectivity index (χ1) is 11.2. The molecule has 0 unspecified atom stereocenters. The van der Waals surface area contributed by atoms with Gasteiger partial charge in [-0.2, -0.15) is 0 Å². The van der Waals surface area contributed by atoms with Gasteiger partial charge in [0.15, 0.2) is 0 Å². The molecule has 0 bridgehead atoms. The monoisotopic (exact) mass is 343 g/mol. The fourth-order valence-corrected chi connectivity index (χ4v) is 3.04. The maximum absolute atomic E-state index is 11.9. The molecule has 4 nitrogen and oxygen atoms in total. The molecule has 0 spiro atoms. The summed E-state index contributed by atoms with van der Waals surface area (Å²) < 4.78 is 0. The van der Waals surface area contributed by atoms with E-state index in [4.69, 9.17) is 11.6 Å². The Morgan fingerprint density at radius 1 is 1.22 bits per heavy atom. The van der Waals surface area contributed by atoms with Gasteiger partial charge in [-0.05, 0) is 24.3 Å². The molecule has 2 heterocycles. The van der Waals surface area contributed by atoms with Gasteiger partial charge in [0.05, 0.1) is 11.3 Å².